The number of nitrogens with zero attached hydrogens (tertiary/aromatic N) is 1. The van der Waals surface area contributed by atoms with Crippen LogP contribution in [-0.4, -0.2) is 13.7 Å². The molecule has 2 nitrogen and oxygen atoms in total. The van der Waals surface area contributed by atoms with Crippen molar-refractivity contribution < 1.29 is 4.74 Å². The number of anilines is 1. The van der Waals surface area contributed by atoms with Crippen molar-refractivity contribution in [3.05, 3.63) is 47.5 Å². The molecule has 0 amide bonds. The molecule has 0 aliphatic carbocycles. The van der Waals surface area contributed by atoms with Crippen molar-refractivity contribution >= 4 is 5.69 Å². The molecule has 1 heterocycles. The summed E-state index contributed by atoms with van der Waals surface area (Å²) in [5.41, 5.74) is 6.48. The molecule has 100 valence electrons. The first kappa shape index (κ1) is 12.6. The number of rotatable bonds is 2. The molecular formula is C18H17NO. The van der Waals surface area contributed by atoms with E-state index >= 15 is 0 Å². The summed E-state index contributed by atoms with van der Waals surface area (Å²) < 4.78 is 5.51. The number of benzene rings is 2. The van der Waals surface area contributed by atoms with E-state index in [1.165, 1.54) is 27.9 Å². The Labute approximate surface area is 120 Å². The lowest BCUT2D eigenvalue weighted by molar-refractivity contribution is 0.370. The fourth-order valence-electron chi connectivity index (χ4n) is 2.90. The van der Waals surface area contributed by atoms with E-state index in [1.54, 1.807) is 0 Å². The number of fused-ring (bicyclic) bond motifs is 3. The van der Waals surface area contributed by atoms with Crippen LogP contribution in [0.5, 0.6) is 5.75 Å². The van der Waals surface area contributed by atoms with Gasteiger partial charge < -0.3 is 9.64 Å². The normalized spacial score (nSPS) is 12.3. The van der Waals surface area contributed by atoms with E-state index < -0.39 is 0 Å². The zero-order valence-electron chi connectivity index (χ0n) is 11.8. The molecule has 0 N–H and O–H groups in total. The van der Waals surface area contributed by atoms with Gasteiger partial charge in [0.2, 0.25) is 0 Å². The van der Waals surface area contributed by atoms with Crippen molar-refractivity contribution in [3.63, 3.8) is 0 Å². The van der Waals surface area contributed by atoms with E-state index in [-0.39, 0.29) is 0 Å². The molecule has 0 radical (unpaired) electrons. The third-order valence-electron chi connectivity index (χ3n) is 3.72. The Balaban J connectivity index is 2.09. The van der Waals surface area contributed by atoms with Crippen molar-refractivity contribution in [2.24, 2.45) is 0 Å². The maximum Gasteiger partial charge on any atom is 0.148 e. The third kappa shape index (κ3) is 2.02. The molecule has 20 heavy (non-hydrogen) atoms. The van der Waals surface area contributed by atoms with Crippen LogP contribution in [0.25, 0.3) is 11.1 Å². The quantitative estimate of drug-likeness (QED) is 0.767. The van der Waals surface area contributed by atoms with Crippen molar-refractivity contribution in [1.82, 2.24) is 0 Å². The van der Waals surface area contributed by atoms with Gasteiger partial charge in [-0.2, -0.15) is 0 Å². The second-order valence-electron chi connectivity index (χ2n) is 5.14. The minimum atomic E-state index is 0.310. The highest BCUT2D eigenvalue weighted by molar-refractivity contribution is 5.85. The number of hydrogen-bond donors (Lipinski definition) is 0. The average molecular weight is 263 g/mol. The summed E-state index contributed by atoms with van der Waals surface area (Å²) in [6.45, 7) is 3.36. The predicted octanol–water partition coefficient (Wildman–Crippen LogP) is 3.62. The lowest BCUT2D eigenvalue weighted by atomic mass is 9.91. The van der Waals surface area contributed by atoms with Gasteiger partial charge in [0.15, 0.2) is 0 Å². The van der Waals surface area contributed by atoms with Gasteiger partial charge in [-0.05, 0) is 35.7 Å². The van der Waals surface area contributed by atoms with Crippen LogP contribution in [0.2, 0.25) is 0 Å². The Bertz CT molecular complexity index is 697. The number of hydrogen-bond acceptors (Lipinski definition) is 2. The van der Waals surface area contributed by atoms with Gasteiger partial charge in [0.25, 0.3) is 0 Å². The van der Waals surface area contributed by atoms with Gasteiger partial charge >= 0.3 is 0 Å². The van der Waals surface area contributed by atoms with Crippen molar-refractivity contribution in [1.29, 1.82) is 0 Å². The molecule has 0 spiro atoms. The largest absolute Gasteiger partial charge is 0.481 e. The summed E-state index contributed by atoms with van der Waals surface area (Å²) in [6.07, 6.45) is 5.23. The Morgan fingerprint density at radius 3 is 2.90 bits per heavy atom. The highest BCUT2D eigenvalue weighted by Gasteiger charge is 2.21. The topological polar surface area (TPSA) is 12.5 Å². The molecule has 1 aliphatic rings. The highest BCUT2D eigenvalue weighted by Crippen LogP contribution is 2.41. The van der Waals surface area contributed by atoms with E-state index in [0.29, 0.717) is 6.61 Å². The molecule has 2 heteroatoms. The second-order valence-corrected chi connectivity index (χ2v) is 5.14. The van der Waals surface area contributed by atoms with Crippen molar-refractivity contribution in [3.8, 4) is 29.2 Å². The zero-order valence-corrected chi connectivity index (χ0v) is 11.8. The lowest BCUT2D eigenvalue weighted by Crippen LogP contribution is -2.22. The van der Waals surface area contributed by atoms with Crippen LogP contribution in [0, 0.1) is 19.3 Å². The molecule has 2 aromatic rings. The van der Waals surface area contributed by atoms with E-state index in [9.17, 15) is 0 Å². The molecule has 2 aromatic carbocycles. The molecule has 0 fully saturated rings. The Morgan fingerprint density at radius 1 is 1.25 bits per heavy atom. The van der Waals surface area contributed by atoms with Crippen LogP contribution < -0.4 is 9.64 Å². The maximum absolute atomic E-state index is 5.51. The smallest absolute Gasteiger partial charge is 0.148 e. The highest BCUT2D eigenvalue weighted by atomic mass is 16.5. The summed E-state index contributed by atoms with van der Waals surface area (Å²) in [4.78, 5) is 2.29. The summed E-state index contributed by atoms with van der Waals surface area (Å²) in [7, 11) is 2.13. The number of ether oxygens (including phenoxy) is 1. The lowest BCUT2D eigenvalue weighted by Gasteiger charge is -2.31. The van der Waals surface area contributed by atoms with Crippen LogP contribution in [0.4, 0.5) is 5.69 Å². The minimum absolute atomic E-state index is 0.310. The molecule has 0 aromatic heterocycles. The van der Waals surface area contributed by atoms with Gasteiger partial charge in [-0.15, -0.1) is 6.42 Å². The van der Waals surface area contributed by atoms with Gasteiger partial charge in [0.05, 0.1) is 0 Å². The van der Waals surface area contributed by atoms with E-state index in [1.807, 2.05) is 6.07 Å². The van der Waals surface area contributed by atoms with E-state index in [4.69, 9.17) is 11.2 Å². The monoisotopic (exact) mass is 263 g/mol. The molecule has 0 saturated carbocycles. The Morgan fingerprint density at radius 2 is 2.10 bits per heavy atom. The molecule has 0 atom stereocenters. The molecular weight excluding hydrogens is 246 g/mol. The van der Waals surface area contributed by atoms with Gasteiger partial charge in [0, 0.05) is 24.8 Å². The van der Waals surface area contributed by atoms with Gasteiger partial charge in [-0.1, -0.05) is 30.2 Å². The molecule has 0 bridgehead atoms. The molecule has 3 rings (SSSR count). The first-order chi connectivity index (χ1) is 9.70. The average Bonchev–Trinajstić information content (AvgIpc) is 2.44. The van der Waals surface area contributed by atoms with Gasteiger partial charge in [-0.3, -0.25) is 0 Å². The maximum atomic E-state index is 5.51. The fraction of sp³-hybridized carbons (Fsp3) is 0.222. The summed E-state index contributed by atoms with van der Waals surface area (Å²) in [6, 6.07) is 12.7. The van der Waals surface area contributed by atoms with Crippen LogP contribution >= 0.6 is 0 Å². The first-order valence-corrected chi connectivity index (χ1v) is 6.71. The first-order valence-electron chi connectivity index (χ1n) is 6.71. The number of para-hydroxylation sites is 1. The third-order valence-corrected chi connectivity index (χ3v) is 3.72. The Kier molecular flexibility index (Phi) is 3.12. The molecule has 1 aliphatic heterocycles. The summed E-state index contributed by atoms with van der Waals surface area (Å²) >= 11 is 0. The summed E-state index contributed by atoms with van der Waals surface area (Å²) in [5.74, 6) is 3.33. The Hall–Kier alpha value is -2.40. The van der Waals surface area contributed by atoms with Gasteiger partial charge in [-0.25, -0.2) is 0 Å². The van der Waals surface area contributed by atoms with Crippen molar-refractivity contribution in [2.45, 2.75) is 13.5 Å². The fourth-order valence-corrected chi connectivity index (χ4v) is 2.90. The minimum Gasteiger partial charge on any atom is -0.481 e. The predicted molar refractivity (Wildman–Crippen MR) is 83.1 cm³/mol. The van der Waals surface area contributed by atoms with E-state index in [2.05, 4.69) is 55.1 Å². The molecule has 0 unspecified atom stereocenters. The van der Waals surface area contributed by atoms with Gasteiger partial charge in [0.1, 0.15) is 12.4 Å². The van der Waals surface area contributed by atoms with Crippen LogP contribution in [0.3, 0.4) is 0 Å². The second kappa shape index (κ2) is 4.94. The summed E-state index contributed by atoms with van der Waals surface area (Å²) in [5, 5.41) is 0. The SMILES string of the molecule is C#CCOc1ccc2c(c1)CN(C)c1c(C)cccc1-2. The molecule has 0 saturated heterocycles. The van der Waals surface area contributed by atoms with Crippen LogP contribution in [0.1, 0.15) is 11.1 Å². The van der Waals surface area contributed by atoms with Crippen LogP contribution in [-0.2, 0) is 6.54 Å². The van der Waals surface area contributed by atoms with Crippen molar-refractivity contribution in [2.75, 3.05) is 18.6 Å². The zero-order chi connectivity index (χ0) is 14.1. The standard InChI is InChI=1S/C18H17NO/c1-4-10-20-15-8-9-16-14(11-15)12-19(3)18-13(2)6-5-7-17(16)18/h1,5-9,11H,10,12H2,2-3H3. The number of terminal acetylenes is 1. The number of aryl methyl sites for hydroxylation is 1. The van der Waals surface area contributed by atoms with E-state index in [0.717, 1.165) is 12.3 Å². The van der Waals surface area contributed by atoms with Crippen LogP contribution in [0.15, 0.2) is 36.4 Å².